The van der Waals surface area contributed by atoms with Gasteiger partial charge in [0.25, 0.3) is 0 Å². The van der Waals surface area contributed by atoms with Gasteiger partial charge in [-0.2, -0.15) is 0 Å². The standard InChI is InChI=1S/C13H16N4O2/c1-18-9-3-4-11(19-2)10(7-9)16-12-5-6-15-13(8-14)17-12/h3-7H,8,14H2,1-2H3,(H,15,16,17). The number of hydrogen-bond acceptors (Lipinski definition) is 6. The van der Waals surface area contributed by atoms with Crippen LogP contribution in [0.15, 0.2) is 30.5 Å². The van der Waals surface area contributed by atoms with Crippen LogP contribution in [0.1, 0.15) is 5.82 Å². The lowest BCUT2D eigenvalue weighted by Crippen LogP contribution is -2.05. The summed E-state index contributed by atoms with van der Waals surface area (Å²) in [5.74, 6) is 2.67. The van der Waals surface area contributed by atoms with E-state index < -0.39 is 0 Å². The molecule has 0 unspecified atom stereocenters. The monoisotopic (exact) mass is 260 g/mol. The van der Waals surface area contributed by atoms with Crippen LogP contribution in [-0.2, 0) is 6.54 Å². The number of anilines is 2. The molecule has 0 fully saturated rings. The highest BCUT2D eigenvalue weighted by molar-refractivity contribution is 5.66. The molecule has 0 bridgehead atoms. The Bertz CT molecular complexity index is 560. The van der Waals surface area contributed by atoms with Crippen molar-refractivity contribution >= 4 is 11.5 Å². The van der Waals surface area contributed by atoms with Crippen molar-refractivity contribution in [1.29, 1.82) is 0 Å². The molecular formula is C13H16N4O2. The quantitative estimate of drug-likeness (QED) is 0.851. The molecule has 2 rings (SSSR count). The molecule has 0 atom stereocenters. The minimum absolute atomic E-state index is 0.296. The van der Waals surface area contributed by atoms with E-state index in [-0.39, 0.29) is 0 Å². The molecule has 0 saturated heterocycles. The number of nitrogens with two attached hydrogens (primary N) is 1. The largest absolute Gasteiger partial charge is 0.497 e. The van der Waals surface area contributed by atoms with Crippen molar-refractivity contribution < 1.29 is 9.47 Å². The molecule has 0 aliphatic heterocycles. The first-order valence-corrected chi connectivity index (χ1v) is 5.78. The van der Waals surface area contributed by atoms with E-state index in [1.807, 2.05) is 18.2 Å². The summed E-state index contributed by atoms with van der Waals surface area (Å²) in [7, 11) is 3.22. The van der Waals surface area contributed by atoms with Gasteiger partial charge in [0.15, 0.2) is 0 Å². The molecule has 6 nitrogen and oxygen atoms in total. The van der Waals surface area contributed by atoms with Crippen molar-refractivity contribution in [2.45, 2.75) is 6.54 Å². The van der Waals surface area contributed by atoms with Crippen molar-refractivity contribution in [3.63, 3.8) is 0 Å². The first-order valence-electron chi connectivity index (χ1n) is 5.78. The van der Waals surface area contributed by atoms with E-state index in [1.54, 1.807) is 26.5 Å². The fourth-order valence-corrected chi connectivity index (χ4v) is 1.62. The highest BCUT2D eigenvalue weighted by atomic mass is 16.5. The molecule has 3 N–H and O–H groups in total. The molecule has 0 amide bonds. The summed E-state index contributed by atoms with van der Waals surface area (Å²) in [6.07, 6.45) is 1.66. The van der Waals surface area contributed by atoms with Gasteiger partial charge >= 0.3 is 0 Å². The molecule has 0 radical (unpaired) electrons. The lowest BCUT2D eigenvalue weighted by atomic mass is 10.2. The molecule has 1 aromatic heterocycles. The second-order valence-electron chi connectivity index (χ2n) is 3.75. The average molecular weight is 260 g/mol. The Morgan fingerprint density at radius 2 is 2.05 bits per heavy atom. The lowest BCUT2D eigenvalue weighted by molar-refractivity contribution is 0.405. The maximum atomic E-state index is 5.52. The summed E-state index contributed by atoms with van der Waals surface area (Å²) in [5, 5.41) is 3.16. The van der Waals surface area contributed by atoms with Crippen molar-refractivity contribution in [1.82, 2.24) is 9.97 Å². The van der Waals surface area contributed by atoms with E-state index in [4.69, 9.17) is 15.2 Å². The second-order valence-corrected chi connectivity index (χ2v) is 3.75. The van der Waals surface area contributed by atoms with E-state index in [2.05, 4.69) is 15.3 Å². The van der Waals surface area contributed by atoms with E-state index in [1.165, 1.54) is 0 Å². The van der Waals surface area contributed by atoms with Gasteiger partial charge in [0.1, 0.15) is 23.1 Å². The van der Waals surface area contributed by atoms with Crippen LogP contribution < -0.4 is 20.5 Å². The minimum Gasteiger partial charge on any atom is -0.497 e. The maximum Gasteiger partial charge on any atom is 0.144 e. The van der Waals surface area contributed by atoms with E-state index >= 15 is 0 Å². The van der Waals surface area contributed by atoms with Crippen molar-refractivity contribution in [3.8, 4) is 11.5 Å². The van der Waals surface area contributed by atoms with Crippen molar-refractivity contribution in [2.75, 3.05) is 19.5 Å². The molecule has 0 aliphatic rings. The van der Waals surface area contributed by atoms with Crippen LogP contribution in [0.3, 0.4) is 0 Å². The Kier molecular flexibility index (Phi) is 4.15. The Morgan fingerprint density at radius 1 is 1.21 bits per heavy atom. The molecular weight excluding hydrogens is 244 g/mol. The summed E-state index contributed by atoms with van der Waals surface area (Å²) >= 11 is 0. The molecule has 1 heterocycles. The second kappa shape index (κ2) is 6.01. The number of nitrogens with one attached hydrogen (secondary N) is 1. The number of hydrogen-bond donors (Lipinski definition) is 2. The van der Waals surface area contributed by atoms with Gasteiger partial charge in [-0.3, -0.25) is 0 Å². The molecule has 1 aromatic carbocycles. The van der Waals surface area contributed by atoms with Gasteiger partial charge < -0.3 is 20.5 Å². The molecule has 19 heavy (non-hydrogen) atoms. The van der Waals surface area contributed by atoms with Gasteiger partial charge in [0, 0.05) is 12.3 Å². The van der Waals surface area contributed by atoms with Gasteiger partial charge in [-0.15, -0.1) is 0 Å². The third-order valence-electron chi connectivity index (χ3n) is 2.56. The third kappa shape index (κ3) is 3.11. The van der Waals surface area contributed by atoms with Crippen molar-refractivity contribution in [3.05, 3.63) is 36.3 Å². The molecule has 6 heteroatoms. The van der Waals surface area contributed by atoms with Crippen LogP contribution >= 0.6 is 0 Å². The molecule has 0 saturated carbocycles. The zero-order chi connectivity index (χ0) is 13.7. The summed E-state index contributed by atoms with van der Waals surface area (Å²) in [5.41, 5.74) is 6.28. The van der Waals surface area contributed by atoms with Crippen LogP contribution in [0.5, 0.6) is 11.5 Å². The number of benzene rings is 1. The smallest absolute Gasteiger partial charge is 0.144 e. The number of aromatic nitrogens is 2. The zero-order valence-electron chi connectivity index (χ0n) is 10.9. The molecule has 100 valence electrons. The Balaban J connectivity index is 2.30. The molecule has 0 aliphatic carbocycles. The van der Waals surface area contributed by atoms with Gasteiger partial charge in [0.2, 0.25) is 0 Å². The number of ether oxygens (including phenoxy) is 2. The van der Waals surface area contributed by atoms with E-state index in [0.717, 1.165) is 11.4 Å². The van der Waals surface area contributed by atoms with Gasteiger partial charge in [-0.1, -0.05) is 0 Å². The molecule has 2 aromatic rings. The lowest BCUT2D eigenvalue weighted by Gasteiger charge is -2.12. The van der Waals surface area contributed by atoms with Crippen LogP contribution in [-0.4, -0.2) is 24.2 Å². The predicted molar refractivity (Wildman–Crippen MR) is 72.8 cm³/mol. The van der Waals surface area contributed by atoms with Crippen LogP contribution in [0.2, 0.25) is 0 Å². The van der Waals surface area contributed by atoms with Gasteiger partial charge in [-0.05, 0) is 18.2 Å². The fourth-order valence-electron chi connectivity index (χ4n) is 1.62. The summed E-state index contributed by atoms with van der Waals surface area (Å²) in [4.78, 5) is 8.32. The van der Waals surface area contributed by atoms with E-state index in [9.17, 15) is 0 Å². The zero-order valence-corrected chi connectivity index (χ0v) is 10.9. The summed E-state index contributed by atoms with van der Waals surface area (Å²) in [6, 6.07) is 7.25. The number of rotatable bonds is 5. The number of methoxy groups -OCH3 is 2. The Hall–Kier alpha value is -2.34. The van der Waals surface area contributed by atoms with Crippen LogP contribution in [0, 0.1) is 0 Å². The van der Waals surface area contributed by atoms with Gasteiger partial charge in [0.05, 0.1) is 26.5 Å². The highest BCUT2D eigenvalue weighted by Crippen LogP contribution is 2.30. The van der Waals surface area contributed by atoms with Gasteiger partial charge in [-0.25, -0.2) is 9.97 Å². The summed E-state index contributed by atoms with van der Waals surface area (Å²) in [6.45, 7) is 0.296. The van der Waals surface area contributed by atoms with E-state index in [0.29, 0.717) is 23.9 Å². The average Bonchev–Trinajstić information content (AvgIpc) is 2.47. The van der Waals surface area contributed by atoms with Crippen LogP contribution in [0.25, 0.3) is 0 Å². The fraction of sp³-hybridized carbons (Fsp3) is 0.231. The highest BCUT2D eigenvalue weighted by Gasteiger charge is 2.06. The predicted octanol–water partition coefficient (Wildman–Crippen LogP) is 1.70. The molecule has 0 spiro atoms. The Labute approximate surface area is 111 Å². The minimum atomic E-state index is 0.296. The summed E-state index contributed by atoms with van der Waals surface area (Å²) < 4.78 is 10.5. The topological polar surface area (TPSA) is 82.3 Å². The van der Waals surface area contributed by atoms with Crippen LogP contribution in [0.4, 0.5) is 11.5 Å². The maximum absolute atomic E-state index is 5.52. The Morgan fingerprint density at radius 3 is 2.74 bits per heavy atom. The first kappa shape index (κ1) is 13.1. The third-order valence-corrected chi connectivity index (χ3v) is 2.56. The number of nitrogens with zero attached hydrogens (tertiary/aromatic N) is 2. The SMILES string of the molecule is COc1ccc(OC)c(Nc2ccnc(CN)n2)c1. The first-order chi connectivity index (χ1) is 9.26. The van der Waals surface area contributed by atoms with Crippen molar-refractivity contribution in [2.24, 2.45) is 5.73 Å². The normalized spacial score (nSPS) is 10.1.